The molecule has 486 valence electrons. The van der Waals surface area contributed by atoms with E-state index in [1.165, 1.54) is 16.7 Å². The van der Waals surface area contributed by atoms with Gasteiger partial charge in [0.25, 0.3) is 0 Å². The van der Waals surface area contributed by atoms with E-state index in [0.717, 1.165) is 55.6 Å². The van der Waals surface area contributed by atoms with Gasteiger partial charge < -0.3 is 40.4 Å². The van der Waals surface area contributed by atoms with Crippen LogP contribution in [0.5, 0.6) is 0 Å². The Morgan fingerprint density at radius 3 is 1.41 bits per heavy atom. The number of nitrogens with zero attached hydrogens (tertiary/aromatic N) is 1. The standard InChI is InChI=1S/C79H85N5O9S/c1-9-53(2)70(74(89)93-77(6,7)8)82-72(87)68-48-60(92-76(3,4)5)50-84(68)73(88)66(49-69(85)83-78(54-32-16-10-17-33-54,55-34-18-11-19-35-55)56-36-20-12-21-37-56)80-71(86)67(81-75(90)91-51-65-63-46-30-28-44-61(63)62-45-29-31-47-64(62)65)52-94-79(57-38-22-13-23-39-57,58-40-24-14-25-41-58)59-42-26-15-27-43-59/h10-47,53,60,65-68,70H,9,48-52H2,1-8H3,(H,80,86)(H,81,90)(H,82,87)(H,83,85)/t53-,60+,66-,67-,68-,70-/m0/s1. The Bertz CT molecular complexity index is 3650. The van der Waals surface area contributed by atoms with E-state index in [4.69, 9.17) is 14.2 Å². The molecule has 4 N–H and O–H groups in total. The summed E-state index contributed by atoms with van der Waals surface area (Å²) in [6.07, 6.45) is -1.69. The van der Waals surface area contributed by atoms with Gasteiger partial charge in [0.1, 0.15) is 41.9 Å². The second-order valence-electron chi connectivity index (χ2n) is 26.3. The fourth-order valence-electron chi connectivity index (χ4n) is 13.0. The lowest BCUT2D eigenvalue weighted by molar-refractivity contribution is -0.160. The summed E-state index contributed by atoms with van der Waals surface area (Å²) in [5, 5.41) is 12.3. The number of nitrogens with one attached hydrogen (secondary N) is 4. The van der Waals surface area contributed by atoms with Crippen LogP contribution >= 0.6 is 11.8 Å². The minimum absolute atomic E-state index is 0.0194. The van der Waals surface area contributed by atoms with Crippen molar-refractivity contribution in [1.29, 1.82) is 0 Å². The Morgan fingerprint density at radius 2 is 0.979 bits per heavy atom. The molecule has 2 aliphatic rings. The van der Waals surface area contributed by atoms with Crippen molar-refractivity contribution < 1.29 is 43.0 Å². The summed E-state index contributed by atoms with van der Waals surface area (Å²) in [5.74, 6) is -4.25. The highest BCUT2D eigenvalue weighted by atomic mass is 32.2. The number of ether oxygens (including phenoxy) is 3. The van der Waals surface area contributed by atoms with E-state index in [2.05, 4.69) is 33.4 Å². The molecular weight excluding hydrogens is 1190 g/mol. The van der Waals surface area contributed by atoms with Gasteiger partial charge in [-0.1, -0.05) is 251 Å². The van der Waals surface area contributed by atoms with Gasteiger partial charge in [-0.15, -0.1) is 11.8 Å². The van der Waals surface area contributed by atoms with Gasteiger partial charge in [0, 0.05) is 24.6 Å². The third-order valence-corrected chi connectivity index (χ3v) is 19.1. The van der Waals surface area contributed by atoms with Crippen molar-refractivity contribution in [2.75, 3.05) is 18.9 Å². The fourth-order valence-corrected chi connectivity index (χ4v) is 14.6. The number of fused-ring (bicyclic) bond motifs is 3. The highest BCUT2D eigenvalue weighted by molar-refractivity contribution is 8.00. The molecule has 0 bridgehead atoms. The molecule has 1 aliphatic carbocycles. The SMILES string of the molecule is CC[C@H](C)[C@H](NC(=O)[C@@H]1C[C@@H](OC(C)(C)C)CN1C(=O)[C@H](CC(=O)NC(c1ccccc1)(c1ccccc1)c1ccccc1)NC(=O)[C@H](CSC(c1ccccc1)(c1ccccc1)c1ccccc1)NC(=O)OCC1c2ccccc2-c2ccccc21)C(=O)OC(C)(C)C. The van der Waals surface area contributed by atoms with Gasteiger partial charge in [0.05, 0.1) is 22.9 Å². The van der Waals surface area contributed by atoms with Crippen molar-refractivity contribution in [3.05, 3.63) is 275 Å². The molecule has 1 heterocycles. The van der Waals surface area contributed by atoms with Gasteiger partial charge in [-0.2, -0.15) is 0 Å². The molecule has 8 aromatic carbocycles. The van der Waals surface area contributed by atoms with Crippen LogP contribution in [0.25, 0.3) is 11.1 Å². The number of carbonyl (C=O) groups is 6. The zero-order valence-corrected chi connectivity index (χ0v) is 55.6. The summed E-state index contributed by atoms with van der Waals surface area (Å²) in [5.41, 5.74) is 5.99. The first-order chi connectivity index (χ1) is 45.2. The fraction of sp³-hybridized carbons (Fsp3) is 0.316. The number of hydrogen-bond acceptors (Lipinski definition) is 10. The maximum atomic E-state index is 16.3. The van der Waals surface area contributed by atoms with Crippen LogP contribution in [-0.2, 0) is 48.5 Å². The molecule has 6 atom stereocenters. The van der Waals surface area contributed by atoms with Crippen LogP contribution in [0.3, 0.4) is 0 Å². The average molecular weight is 1280 g/mol. The molecular formula is C79H85N5O9S. The van der Waals surface area contributed by atoms with E-state index < -0.39 is 93.9 Å². The minimum atomic E-state index is -1.69. The maximum Gasteiger partial charge on any atom is 0.407 e. The Kier molecular flexibility index (Phi) is 21.4. The van der Waals surface area contributed by atoms with E-state index in [1.54, 1.807) is 20.8 Å². The quantitative estimate of drug-likeness (QED) is 0.0336. The number of likely N-dealkylation sites (tertiary alicyclic amines) is 1. The number of hydrogen-bond donors (Lipinski definition) is 4. The molecule has 94 heavy (non-hydrogen) atoms. The summed E-state index contributed by atoms with van der Waals surface area (Å²) in [6.45, 7) is 14.5. The molecule has 0 unspecified atom stereocenters. The third-order valence-electron chi connectivity index (χ3n) is 17.5. The second-order valence-corrected chi connectivity index (χ2v) is 27.5. The Morgan fingerprint density at radius 1 is 0.543 bits per heavy atom. The molecule has 15 heteroatoms. The van der Waals surface area contributed by atoms with E-state index in [9.17, 15) is 9.59 Å². The van der Waals surface area contributed by atoms with E-state index in [0.29, 0.717) is 6.42 Å². The zero-order valence-electron chi connectivity index (χ0n) is 54.8. The largest absolute Gasteiger partial charge is 0.458 e. The van der Waals surface area contributed by atoms with Crippen LogP contribution in [0, 0.1) is 5.92 Å². The van der Waals surface area contributed by atoms with Crippen LogP contribution in [0.15, 0.2) is 231 Å². The molecule has 0 aromatic heterocycles. The molecule has 1 fully saturated rings. The predicted octanol–water partition coefficient (Wildman–Crippen LogP) is 13.3. The van der Waals surface area contributed by atoms with Crippen LogP contribution in [-0.4, -0.2) is 101 Å². The van der Waals surface area contributed by atoms with Crippen LogP contribution in [0.4, 0.5) is 4.79 Å². The lowest BCUT2D eigenvalue weighted by Crippen LogP contribution is -2.60. The van der Waals surface area contributed by atoms with Crippen molar-refractivity contribution in [2.24, 2.45) is 5.92 Å². The molecule has 1 saturated heterocycles. The first-order valence-electron chi connectivity index (χ1n) is 32.4. The third kappa shape index (κ3) is 15.5. The van der Waals surface area contributed by atoms with Crippen molar-refractivity contribution in [1.82, 2.24) is 26.2 Å². The van der Waals surface area contributed by atoms with E-state index >= 15 is 19.2 Å². The Hall–Kier alpha value is -9.31. The normalized spacial score (nSPS) is 16.1. The van der Waals surface area contributed by atoms with Crippen LogP contribution < -0.4 is 21.3 Å². The summed E-state index contributed by atoms with van der Waals surface area (Å²) < 4.78 is 17.6. The van der Waals surface area contributed by atoms with Crippen molar-refractivity contribution in [2.45, 2.75) is 132 Å². The first-order valence-corrected chi connectivity index (χ1v) is 33.4. The number of esters is 1. The molecule has 1 aliphatic heterocycles. The van der Waals surface area contributed by atoms with Gasteiger partial charge in [0.15, 0.2) is 0 Å². The van der Waals surface area contributed by atoms with Gasteiger partial charge in [-0.05, 0) is 103 Å². The van der Waals surface area contributed by atoms with Gasteiger partial charge in [-0.25, -0.2) is 9.59 Å². The van der Waals surface area contributed by atoms with Gasteiger partial charge in [0.2, 0.25) is 23.6 Å². The molecule has 5 amide bonds. The molecule has 0 saturated carbocycles. The molecule has 10 rings (SSSR count). The maximum absolute atomic E-state index is 16.3. The summed E-state index contributed by atoms with van der Waals surface area (Å²) >= 11 is 1.42. The number of amides is 5. The number of carbonyl (C=O) groups excluding carboxylic acids is 6. The number of thioether (sulfide) groups is 1. The number of benzene rings is 8. The predicted molar refractivity (Wildman–Crippen MR) is 370 cm³/mol. The average Bonchev–Trinajstić information content (AvgIpc) is 0.881. The molecule has 8 aromatic rings. The molecule has 0 spiro atoms. The Balaban J connectivity index is 1.07. The van der Waals surface area contributed by atoms with Crippen LogP contribution in [0.1, 0.15) is 125 Å². The summed E-state index contributed by atoms with van der Waals surface area (Å²) in [6, 6.07) is 68.9. The monoisotopic (exact) mass is 1280 g/mol. The smallest absolute Gasteiger partial charge is 0.407 e. The van der Waals surface area contributed by atoms with E-state index in [-0.39, 0.29) is 37.2 Å². The number of alkyl carbamates (subject to hydrolysis) is 1. The highest BCUT2D eigenvalue weighted by Gasteiger charge is 2.48. The van der Waals surface area contributed by atoms with Crippen molar-refractivity contribution >= 4 is 47.5 Å². The first kappa shape index (κ1) is 67.6. The van der Waals surface area contributed by atoms with Crippen molar-refractivity contribution in [3.63, 3.8) is 0 Å². The Labute approximate surface area is 557 Å². The summed E-state index contributed by atoms with van der Waals surface area (Å²) in [7, 11) is 0. The van der Waals surface area contributed by atoms with Crippen LogP contribution in [0.2, 0.25) is 0 Å². The highest BCUT2D eigenvalue weighted by Crippen LogP contribution is 2.49. The van der Waals surface area contributed by atoms with Crippen molar-refractivity contribution in [3.8, 4) is 11.1 Å². The lowest BCUT2D eigenvalue weighted by atomic mass is 9.77. The topological polar surface area (TPSA) is 181 Å². The van der Waals surface area contributed by atoms with E-state index in [1.807, 2.05) is 253 Å². The molecule has 0 radical (unpaired) electrons. The second kappa shape index (κ2) is 29.8. The minimum Gasteiger partial charge on any atom is -0.458 e. The molecule has 14 nitrogen and oxygen atoms in total. The summed E-state index contributed by atoms with van der Waals surface area (Å²) in [4.78, 5) is 93.5. The van der Waals surface area contributed by atoms with Gasteiger partial charge in [-0.3, -0.25) is 19.2 Å². The van der Waals surface area contributed by atoms with Gasteiger partial charge >= 0.3 is 12.1 Å². The zero-order chi connectivity index (χ0) is 66.6. The number of rotatable bonds is 24. The lowest BCUT2D eigenvalue weighted by Gasteiger charge is -2.38.